The number of aromatic nitrogens is 1. The van der Waals surface area contributed by atoms with Crippen LogP contribution in [-0.4, -0.2) is 19.3 Å². The highest BCUT2D eigenvalue weighted by Crippen LogP contribution is 2.16. The maximum atomic E-state index is 12.1. The largest absolute Gasteiger partial charge is 0.435 e. The van der Waals surface area contributed by atoms with E-state index in [-0.39, 0.29) is 10.7 Å². The molecule has 8 heteroatoms. The molecule has 0 atom stereocenters. The van der Waals surface area contributed by atoms with Crippen molar-refractivity contribution >= 4 is 27.3 Å². The van der Waals surface area contributed by atoms with E-state index in [9.17, 15) is 13.2 Å². The van der Waals surface area contributed by atoms with Gasteiger partial charge in [0.05, 0.1) is 10.6 Å². The molecular formula is C13H16N2O4S2. The van der Waals surface area contributed by atoms with Crippen molar-refractivity contribution < 1.29 is 17.6 Å². The van der Waals surface area contributed by atoms with Crippen LogP contribution >= 0.6 is 11.3 Å². The molecule has 114 valence electrons. The maximum absolute atomic E-state index is 12.1. The summed E-state index contributed by atoms with van der Waals surface area (Å²) in [6.07, 6.45) is 0.589. The van der Waals surface area contributed by atoms with E-state index >= 15 is 0 Å². The minimum atomic E-state index is -3.87. The van der Waals surface area contributed by atoms with Crippen LogP contribution in [0.4, 0.5) is 0 Å². The third-order valence-corrected chi connectivity index (χ3v) is 4.82. The van der Waals surface area contributed by atoms with E-state index < -0.39 is 15.9 Å². The van der Waals surface area contributed by atoms with Gasteiger partial charge in [-0.1, -0.05) is 13.8 Å². The summed E-state index contributed by atoms with van der Waals surface area (Å²) >= 11 is 1.24. The Bertz CT molecular complexity index is 730. The third kappa shape index (κ3) is 3.70. The summed E-state index contributed by atoms with van der Waals surface area (Å²) in [5.41, 5.74) is 0.378. The fraction of sp³-hybridized carbons (Fsp3) is 0.385. The topological polar surface area (TPSA) is 89.3 Å². The van der Waals surface area contributed by atoms with Crippen molar-refractivity contribution in [1.29, 1.82) is 0 Å². The lowest BCUT2D eigenvalue weighted by molar-refractivity contribution is 0.0951. The van der Waals surface area contributed by atoms with Crippen molar-refractivity contribution in [2.45, 2.75) is 32.1 Å². The van der Waals surface area contributed by atoms with E-state index in [4.69, 9.17) is 4.42 Å². The van der Waals surface area contributed by atoms with Crippen molar-refractivity contribution in [2.24, 2.45) is 5.92 Å². The van der Waals surface area contributed by atoms with Gasteiger partial charge in [0.2, 0.25) is 5.76 Å². The number of oxazole rings is 1. The van der Waals surface area contributed by atoms with Gasteiger partial charge >= 0.3 is 5.91 Å². The number of sulfonamides is 1. The Morgan fingerprint density at radius 3 is 2.76 bits per heavy atom. The molecule has 1 N–H and O–H groups in total. The van der Waals surface area contributed by atoms with E-state index in [1.54, 1.807) is 12.3 Å². The second-order valence-corrected chi connectivity index (χ2v) is 7.48. The van der Waals surface area contributed by atoms with Crippen molar-refractivity contribution in [3.63, 3.8) is 0 Å². The summed E-state index contributed by atoms with van der Waals surface area (Å²) < 4.78 is 31.3. The second-order valence-electron chi connectivity index (χ2n) is 5.01. The Labute approximate surface area is 127 Å². The molecule has 0 bridgehead atoms. The quantitative estimate of drug-likeness (QED) is 0.910. The van der Waals surface area contributed by atoms with Crippen LogP contribution in [0.1, 0.15) is 36.0 Å². The first-order valence-electron chi connectivity index (χ1n) is 6.35. The van der Waals surface area contributed by atoms with E-state index in [2.05, 4.69) is 4.98 Å². The number of nitrogens with zero attached hydrogens (tertiary/aromatic N) is 1. The van der Waals surface area contributed by atoms with Gasteiger partial charge in [-0.3, -0.25) is 4.79 Å². The first-order chi connectivity index (χ1) is 9.79. The van der Waals surface area contributed by atoms with Crippen molar-refractivity contribution in [3.8, 4) is 0 Å². The smallest absolute Gasteiger partial charge is 0.302 e. The first kappa shape index (κ1) is 15.7. The maximum Gasteiger partial charge on any atom is 0.302 e. The summed E-state index contributed by atoms with van der Waals surface area (Å²) in [7, 11) is -3.87. The molecule has 2 aromatic heterocycles. The minimum Gasteiger partial charge on any atom is -0.435 e. The van der Waals surface area contributed by atoms with Gasteiger partial charge in [0.25, 0.3) is 10.0 Å². The molecule has 0 saturated carbocycles. The predicted molar refractivity (Wildman–Crippen MR) is 78.8 cm³/mol. The Kier molecular flexibility index (Phi) is 4.48. The standard InChI is InChI=1S/C13H16N2O4S2/c1-8(2)6-11-14-9(3)12(19-11)13(16)15-21(17,18)10-4-5-20-7-10/h4-5,7-8H,6H2,1-3H3,(H,15,16). The number of rotatable bonds is 5. The van der Waals surface area contributed by atoms with Gasteiger partial charge in [0, 0.05) is 11.8 Å². The molecule has 6 nitrogen and oxygen atoms in total. The van der Waals surface area contributed by atoms with Gasteiger partial charge in [-0.2, -0.15) is 11.3 Å². The summed E-state index contributed by atoms with van der Waals surface area (Å²) in [4.78, 5) is 16.3. The average Bonchev–Trinajstić information content (AvgIpc) is 2.97. The van der Waals surface area contributed by atoms with Gasteiger partial charge in [-0.15, -0.1) is 0 Å². The fourth-order valence-electron chi connectivity index (χ4n) is 1.73. The number of carbonyl (C=O) groups is 1. The molecule has 0 unspecified atom stereocenters. The molecular weight excluding hydrogens is 312 g/mol. The fourth-order valence-corrected chi connectivity index (χ4v) is 3.71. The van der Waals surface area contributed by atoms with Crippen molar-refractivity contribution in [2.75, 3.05) is 0 Å². The molecule has 0 fully saturated rings. The molecule has 0 aliphatic carbocycles. The van der Waals surface area contributed by atoms with Gasteiger partial charge in [0.1, 0.15) is 0 Å². The molecule has 0 aliphatic rings. The van der Waals surface area contributed by atoms with Gasteiger partial charge < -0.3 is 4.42 Å². The lowest BCUT2D eigenvalue weighted by Crippen LogP contribution is -2.30. The van der Waals surface area contributed by atoms with Crippen molar-refractivity contribution in [3.05, 3.63) is 34.2 Å². The first-order valence-corrected chi connectivity index (χ1v) is 8.78. The molecule has 2 heterocycles. The average molecular weight is 328 g/mol. The lowest BCUT2D eigenvalue weighted by Gasteiger charge is -2.03. The summed E-state index contributed by atoms with van der Waals surface area (Å²) in [5.74, 6) is -0.111. The van der Waals surface area contributed by atoms with Crippen LogP contribution in [-0.2, 0) is 16.4 Å². The number of hydrogen-bond donors (Lipinski definition) is 1. The lowest BCUT2D eigenvalue weighted by atomic mass is 10.1. The summed E-state index contributed by atoms with van der Waals surface area (Å²) in [5, 5.41) is 3.08. The Hall–Kier alpha value is -1.67. The van der Waals surface area contributed by atoms with Gasteiger partial charge in [-0.25, -0.2) is 18.1 Å². The highest BCUT2D eigenvalue weighted by molar-refractivity contribution is 7.90. The van der Waals surface area contributed by atoms with E-state index in [1.165, 1.54) is 22.8 Å². The zero-order valence-corrected chi connectivity index (χ0v) is 13.5. The third-order valence-electron chi connectivity index (χ3n) is 2.66. The number of thiophene rings is 1. The van der Waals surface area contributed by atoms with Crippen LogP contribution in [0, 0.1) is 12.8 Å². The van der Waals surface area contributed by atoms with Crippen LogP contribution in [0.25, 0.3) is 0 Å². The number of nitrogens with one attached hydrogen (secondary N) is 1. The molecule has 1 amide bonds. The molecule has 0 aliphatic heterocycles. The summed E-state index contributed by atoms with van der Waals surface area (Å²) in [6, 6.07) is 1.43. The number of hydrogen-bond acceptors (Lipinski definition) is 6. The molecule has 21 heavy (non-hydrogen) atoms. The molecule has 0 spiro atoms. The minimum absolute atomic E-state index is 0.0559. The monoisotopic (exact) mass is 328 g/mol. The highest BCUT2D eigenvalue weighted by atomic mass is 32.2. The summed E-state index contributed by atoms with van der Waals surface area (Å²) in [6.45, 7) is 5.61. The number of aryl methyl sites for hydroxylation is 1. The predicted octanol–water partition coefficient (Wildman–Crippen LogP) is 2.36. The van der Waals surface area contributed by atoms with E-state index in [1.807, 2.05) is 18.6 Å². The van der Waals surface area contributed by atoms with Crippen LogP contribution in [0.2, 0.25) is 0 Å². The van der Waals surface area contributed by atoms with Crippen LogP contribution in [0.15, 0.2) is 26.1 Å². The molecule has 2 aromatic rings. The molecule has 2 rings (SSSR count). The van der Waals surface area contributed by atoms with E-state index in [0.717, 1.165) is 0 Å². The van der Waals surface area contributed by atoms with Crippen LogP contribution < -0.4 is 4.72 Å². The molecule has 0 aromatic carbocycles. The van der Waals surface area contributed by atoms with Gasteiger partial charge in [-0.05, 0) is 24.3 Å². The zero-order valence-electron chi connectivity index (χ0n) is 11.9. The Balaban J connectivity index is 2.19. The SMILES string of the molecule is Cc1nc(CC(C)C)oc1C(=O)NS(=O)(=O)c1ccsc1. The van der Waals surface area contributed by atoms with E-state index in [0.29, 0.717) is 23.9 Å². The van der Waals surface area contributed by atoms with Crippen LogP contribution in [0.3, 0.4) is 0 Å². The normalized spacial score (nSPS) is 11.8. The Morgan fingerprint density at radius 1 is 1.48 bits per heavy atom. The highest BCUT2D eigenvalue weighted by Gasteiger charge is 2.24. The van der Waals surface area contributed by atoms with Gasteiger partial charge in [0.15, 0.2) is 5.89 Å². The zero-order chi connectivity index (χ0) is 15.6. The van der Waals surface area contributed by atoms with Crippen molar-refractivity contribution in [1.82, 2.24) is 9.71 Å². The number of amides is 1. The Morgan fingerprint density at radius 2 is 2.19 bits per heavy atom. The molecule has 0 saturated heterocycles. The number of carbonyl (C=O) groups excluding carboxylic acids is 1. The van der Waals surface area contributed by atoms with Crippen LogP contribution in [0.5, 0.6) is 0 Å². The second kappa shape index (κ2) is 5.98. The molecule has 0 radical (unpaired) electrons.